The Kier molecular flexibility index (Phi) is 13.3. The first-order valence-electron chi connectivity index (χ1n) is 13.8. The van der Waals surface area contributed by atoms with Gasteiger partial charge in [0.1, 0.15) is 0 Å². The molecule has 0 aliphatic heterocycles. The van der Waals surface area contributed by atoms with Crippen LogP contribution in [0.2, 0.25) is 33.2 Å². The van der Waals surface area contributed by atoms with E-state index in [-0.39, 0.29) is 6.10 Å². The quantitative estimate of drug-likeness (QED) is 0.208. The van der Waals surface area contributed by atoms with Crippen LogP contribution < -0.4 is 0 Å². The van der Waals surface area contributed by atoms with Gasteiger partial charge in [0.25, 0.3) is 0 Å². The van der Waals surface area contributed by atoms with E-state index in [1.54, 1.807) is 0 Å². The van der Waals surface area contributed by atoms with Gasteiger partial charge in [-0.3, -0.25) is 0 Å². The molecule has 1 rings (SSSR count). The van der Waals surface area contributed by atoms with Gasteiger partial charge in [0.05, 0.1) is 19.3 Å². The van der Waals surface area contributed by atoms with Crippen LogP contribution in [0.5, 0.6) is 0 Å². The van der Waals surface area contributed by atoms with Gasteiger partial charge in [-0.1, -0.05) is 113 Å². The molecule has 1 atom stereocenters. The van der Waals surface area contributed by atoms with Crippen molar-refractivity contribution in [3.05, 3.63) is 35.9 Å². The third-order valence-corrected chi connectivity index (χ3v) is 20.3. The maximum Gasteiger partial charge on any atom is 0.200 e. The number of hydrogen-bond acceptors (Lipinski definition) is 3. The molecule has 5 heteroatoms. The fraction of sp³-hybridized carbons (Fsp3) is 0.793. The van der Waals surface area contributed by atoms with Crippen LogP contribution in [-0.2, 0) is 20.2 Å². The van der Waals surface area contributed by atoms with Gasteiger partial charge < -0.3 is 13.6 Å². The zero-order chi connectivity index (χ0) is 26.1. The van der Waals surface area contributed by atoms with Gasteiger partial charge in [-0.05, 0) is 45.2 Å². The first-order valence-corrected chi connectivity index (χ1v) is 18.0. The van der Waals surface area contributed by atoms with Crippen molar-refractivity contribution < 1.29 is 13.6 Å². The molecule has 0 radical (unpaired) electrons. The summed E-state index contributed by atoms with van der Waals surface area (Å²) in [6, 6.07) is 10.5. The van der Waals surface area contributed by atoms with Gasteiger partial charge in [-0.25, -0.2) is 0 Å². The van der Waals surface area contributed by atoms with Gasteiger partial charge in [0.2, 0.25) is 0 Å². The van der Waals surface area contributed by atoms with E-state index in [1.165, 1.54) is 5.56 Å². The van der Waals surface area contributed by atoms with Crippen molar-refractivity contribution in [2.75, 3.05) is 13.2 Å². The first kappa shape index (κ1) is 31.6. The highest BCUT2D eigenvalue weighted by Crippen LogP contribution is 2.43. The van der Waals surface area contributed by atoms with E-state index in [0.29, 0.717) is 46.5 Å². The Labute approximate surface area is 214 Å². The molecule has 0 amide bonds. The van der Waals surface area contributed by atoms with Crippen LogP contribution in [0, 0.1) is 0 Å². The normalized spacial score (nSPS) is 14.4. The summed E-state index contributed by atoms with van der Waals surface area (Å²) in [5.74, 6) is 0. The molecule has 0 saturated carbocycles. The zero-order valence-corrected chi connectivity index (χ0v) is 26.5. The van der Waals surface area contributed by atoms with Gasteiger partial charge in [0.15, 0.2) is 16.6 Å². The lowest BCUT2D eigenvalue weighted by Gasteiger charge is -2.43. The smallest absolute Gasteiger partial charge is 0.200 e. The third-order valence-electron chi connectivity index (χ3n) is 8.05. The standard InChI is InChI=1S/C29H56O3Si2/c1-22(2)33(23(3)4,24(5)6)31-19-18-29(30-20-28-16-14-13-15-17-28)21-32-34(25(7)8,26(9)10)27(11)12/h13-17,22-27,29H,18-21H2,1-12H3/t29-/m1/s1. The Balaban J connectivity index is 3.02. The molecule has 0 heterocycles. The van der Waals surface area contributed by atoms with E-state index >= 15 is 0 Å². The second-order valence-corrected chi connectivity index (χ2v) is 22.9. The van der Waals surface area contributed by atoms with Crippen molar-refractivity contribution in [2.24, 2.45) is 0 Å². The maximum atomic E-state index is 6.96. The van der Waals surface area contributed by atoms with Gasteiger partial charge in [0, 0.05) is 6.61 Å². The average molecular weight is 509 g/mol. The van der Waals surface area contributed by atoms with Crippen LogP contribution in [0.3, 0.4) is 0 Å². The second-order valence-electron chi connectivity index (χ2n) is 12.0. The topological polar surface area (TPSA) is 27.7 Å². The van der Waals surface area contributed by atoms with Crippen LogP contribution in [0.15, 0.2) is 30.3 Å². The van der Waals surface area contributed by atoms with Crippen LogP contribution in [0.1, 0.15) is 95.1 Å². The lowest BCUT2D eigenvalue weighted by molar-refractivity contribution is -0.00743. The molecule has 3 nitrogen and oxygen atoms in total. The van der Waals surface area contributed by atoms with Crippen molar-refractivity contribution in [1.82, 2.24) is 0 Å². The monoisotopic (exact) mass is 508 g/mol. The van der Waals surface area contributed by atoms with Crippen molar-refractivity contribution >= 4 is 16.6 Å². The van der Waals surface area contributed by atoms with Crippen LogP contribution in [0.4, 0.5) is 0 Å². The molecule has 0 N–H and O–H groups in total. The Morgan fingerprint density at radius 2 is 1.00 bits per heavy atom. The predicted molar refractivity (Wildman–Crippen MR) is 154 cm³/mol. The molecule has 1 aromatic rings. The van der Waals surface area contributed by atoms with E-state index in [0.717, 1.165) is 13.0 Å². The highest BCUT2D eigenvalue weighted by atomic mass is 28.4. The van der Waals surface area contributed by atoms with Crippen molar-refractivity contribution in [1.29, 1.82) is 0 Å². The molecule has 1 aromatic carbocycles. The Bertz CT molecular complexity index is 628. The Morgan fingerprint density at radius 3 is 1.41 bits per heavy atom. The van der Waals surface area contributed by atoms with Gasteiger partial charge in [-0.15, -0.1) is 0 Å². The highest BCUT2D eigenvalue weighted by molar-refractivity contribution is 6.78. The molecule has 198 valence electrons. The van der Waals surface area contributed by atoms with Crippen molar-refractivity contribution in [2.45, 2.75) is 135 Å². The molecule has 34 heavy (non-hydrogen) atoms. The summed E-state index contributed by atoms with van der Waals surface area (Å²) in [7, 11) is -3.82. The predicted octanol–water partition coefficient (Wildman–Crippen LogP) is 9.35. The summed E-state index contributed by atoms with van der Waals surface area (Å²) in [5.41, 5.74) is 4.70. The van der Waals surface area contributed by atoms with Gasteiger partial charge >= 0.3 is 0 Å². The van der Waals surface area contributed by atoms with E-state index < -0.39 is 16.6 Å². The SMILES string of the molecule is CC(C)[Si](OCC[C@H](CO[Si](C(C)C)(C(C)C)C(C)C)OCc1ccccc1)(C(C)C)C(C)C. The molecule has 0 saturated heterocycles. The van der Waals surface area contributed by atoms with E-state index in [2.05, 4.69) is 113 Å². The third kappa shape index (κ3) is 7.76. The minimum atomic E-state index is -1.94. The fourth-order valence-corrected chi connectivity index (χ4v) is 17.6. The lowest BCUT2D eigenvalue weighted by atomic mass is 10.2. The molecule has 0 unspecified atom stereocenters. The summed E-state index contributed by atoms with van der Waals surface area (Å²) in [6.07, 6.45) is 0.925. The summed E-state index contributed by atoms with van der Waals surface area (Å²) in [5, 5.41) is 0. The largest absolute Gasteiger partial charge is 0.416 e. The average Bonchev–Trinajstić information content (AvgIpc) is 2.73. The molecular formula is C29H56O3Si2. The van der Waals surface area contributed by atoms with Crippen LogP contribution >= 0.6 is 0 Å². The second kappa shape index (κ2) is 14.3. The van der Waals surface area contributed by atoms with Crippen molar-refractivity contribution in [3.63, 3.8) is 0 Å². The van der Waals surface area contributed by atoms with Gasteiger partial charge in [-0.2, -0.15) is 0 Å². The number of benzene rings is 1. The number of hydrogen-bond donors (Lipinski definition) is 0. The summed E-state index contributed by atoms with van der Waals surface area (Å²) >= 11 is 0. The number of ether oxygens (including phenoxy) is 1. The molecule has 0 aliphatic carbocycles. The molecule has 0 aromatic heterocycles. The minimum Gasteiger partial charge on any atom is -0.416 e. The summed E-state index contributed by atoms with van der Waals surface area (Å²) < 4.78 is 20.3. The summed E-state index contributed by atoms with van der Waals surface area (Å²) in [4.78, 5) is 0. The molecule has 0 bridgehead atoms. The summed E-state index contributed by atoms with van der Waals surface area (Å²) in [6.45, 7) is 30.3. The zero-order valence-electron chi connectivity index (χ0n) is 24.5. The van der Waals surface area contributed by atoms with E-state index in [9.17, 15) is 0 Å². The lowest BCUT2D eigenvalue weighted by Crippen LogP contribution is -2.50. The van der Waals surface area contributed by atoms with Crippen LogP contribution in [0.25, 0.3) is 0 Å². The van der Waals surface area contributed by atoms with E-state index in [4.69, 9.17) is 13.6 Å². The number of rotatable bonds is 16. The molecule has 0 aliphatic rings. The minimum absolute atomic E-state index is 0.0431. The molecular weight excluding hydrogens is 452 g/mol. The maximum absolute atomic E-state index is 6.96. The highest BCUT2D eigenvalue weighted by Gasteiger charge is 2.46. The Morgan fingerprint density at radius 1 is 0.588 bits per heavy atom. The van der Waals surface area contributed by atoms with Crippen molar-refractivity contribution in [3.8, 4) is 0 Å². The van der Waals surface area contributed by atoms with Crippen LogP contribution in [-0.4, -0.2) is 36.0 Å². The van der Waals surface area contributed by atoms with E-state index in [1.807, 2.05) is 0 Å². The molecule has 0 spiro atoms. The Hall–Kier alpha value is -0.466. The fourth-order valence-electron chi connectivity index (χ4n) is 6.61. The first-order chi connectivity index (χ1) is 15.8. The molecule has 0 fully saturated rings.